The highest BCUT2D eigenvalue weighted by molar-refractivity contribution is 5.44. The van der Waals surface area contributed by atoms with E-state index in [-0.39, 0.29) is 12.0 Å². The lowest BCUT2D eigenvalue weighted by molar-refractivity contribution is 0.00846. The highest BCUT2D eigenvalue weighted by atomic mass is 16.7. The second kappa shape index (κ2) is 6.00. The number of hydrogen-bond donors (Lipinski definition) is 0. The van der Waals surface area contributed by atoms with Crippen LogP contribution in [-0.4, -0.2) is 47.1 Å². The van der Waals surface area contributed by atoms with Crippen molar-refractivity contribution in [1.82, 2.24) is 15.0 Å². The molecule has 2 saturated heterocycles. The van der Waals surface area contributed by atoms with Crippen LogP contribution in [0.4, 0.5) is 0 Å². The summed E-state index contributed by atoms with van der Waals surface area (Å²) in [7, 11) is 0. The molecule has 132 valence electrons. The van der Waals surface area contributed by atoms with Gasteiger partial charge in [0.15, 0.2) is 17.3 Å². The Morgan fingerprint density at radius 3 is 3.04 bits per heavy atom. The van der Waals surface area contributed by atoms with Crippen LogP contribution in [-0.2, 0) is 11.3 Å². The van der Waals surface area contributed by atoms with Crippen molar-refractivity contribution in [2.24, 2.45) is 0 Å². The standard InChI is InChI=1S/C18H21N3O4/c1-11-19-18(25-20-11)13-7-16-14(4-5-22-16)21(9-13)8-12-2-3-15-17(6-12)24-10-23-15/h2-3,6,13-14,16H,4-5,7-10H2,1H3/t13-,14+,16+/m1/s1. The summed E-state index contributed by atoms with van der Waals surface area (Å²) in [5.41, 5.74) is 1.22. The zero-order chi connectivity index (χ0) is 16.8. The largest absolute Gasteiger partial charge is 0.454 e. The van der Waals surface area contributed by atoms with Gasteiger partial charge in [0.2, 0.25) is 12.7 Å². The number of nitrogens with zero attached hydrogens (tertiary/aromatic N) is 3. The lowest BCUT2D eigenvalue weighted by Gasteiger charge is -2.39. The topological polar surface area (TPSA) is 69.9 Å². The third-order valence-corrected chi connectivity index (χ3v) is 5.33. The Kier molecular flexibility index (Phi) is 3.64. The van der Waals surface area contributed by atoms with Crippen LogP contribution in [0, 0.1) is 6.92 Å². The van der Waals surface area contributed by atoms with Crippen molar-refractivity contribution in [1.29, 1.82) is 0 Å². The zero-order valence-electron chi connectivity index (χ0n) is 14.2. The molecule has 3 aliphatic heterocycles. The first-order valence-corrected chi connectivity index (χ1v) is 8.80. The lowest BCUT2D eigenvalue weighted by atomic mass is 9.89. The molecule has 25 heavy (non-hydrogen) atoms. The fourth-order valence-electron chi connectivity index (χ4n) is 4.17. The molecule has 0 spiro atoms. The van der Waals surface area contributed by atoms with Gasteiger partial charge in [0.1, 0.15) is 0 Å². The smallest absolute Gasteiger partial charge is 0.231 e. The molecule has 0 bridgehead atoms. The molecule has 1 aromatic carbocycles. The van der Waals surface area contributed by atoms with Gasteiger partial charge < -0.3 is 18.7 Å². The van der Waals surface area contributed by atoms with E-state index in [1.54, 1.807) is 0 Å². The number of rotatable bonds is 3. The van der Waals surface area contributed by atoms with E-state index in [1.165, 1.54) is 5.56 Å². The predicted octanol–water partition coefficient (Wildman–Crippen LogP) is 2.25. The number of likely N-dealkylation sites (tertiary alicyclic amines) is 1. The first kappa shape index (κ1) is 15.2. The number of benzene rings is 1. The summed E-state index contributed by atoms with van der Waals surface area (Å²) in [5.74, 6) is 3.28. The van der Waals surface area contributed by atoms with E-state index in [1.807, 2.05) is 13.0 Å². The van der Waals surface area contributed by atoms with Crippen molar-refractivity contribution >= 4 is 0 Å². The van der Waals surface area contributed by atoms with Crippen LogP contribution >= 0.6 is 0 Å². The molecule has 0 radical (unpaired) electrons. The monoisotopic (exact) mass is 343 g/mol. The fraction of sp³-hybridized carbons (Fsp3) is 0.556. The van der Waals surface area contributed by atoms with Crippen LogP contribution in [0.3, 0.4) is 0 Å². The van der Waals surface area contributed by atoms with Crippen molar-refractivity contribution in [3.63, 3.8) is 0 Å². The van der Waals surface area contributed by atoms with Crippen molar-refractivity contribution in [2.75, 3.05) is 19.9 Å². The van der Waals surface area contributed by atoms with E-state index < -0.39 is 0 Å². The average molecular weight is 343 g/mol. The van der Waals surface area contributed by atoms with Gasteiger partial charge in [0.05, 0.1) is 12.0 Å². The Balaban J connectivity index is 1.38. The molecule has 5 rings (SSSR count). The summed E-state index contributed by atoms with van der Waals surface area (Å²) in [4.78, 5) is 6.93. The summed E-state index contributed by atoms with van der Waals surface area (Å²) in [6, 6.07) is 6.63. The third kappa shape index (κ3) is 2.77. The third-order valence-electron chi connectivity index (χ3n) is 5.33. The molecule has 0 saturated carbocycles. The van der Waals surface area contributed by atoms with Crippen LogP contribution in [0.15, 0.2) is 22.7 Å². The number of fused-ring (bicyclic) bond motifs is 2. The minimum Gasteiger partial charge on any atom is -0.454 e. The molecule has 0 N–H and O–H groups in total. The van der Waals surface area contributed by atoms with Gasteiger partial charge in [-0.15, -0.1) is 0 Å². The van der Waals surface area contributed by atoms with E-state index in [0.717, 1.165) is 49.9 Å². The number of piperidine rings is 1. The van der Waals surface area contributed by atoms with Crippen LogP contribution in [0.2, 0.25) is 0 Å². The quantitative estimate of drug-likeness (QED) is 0.846. The van der Waals surface area contributed by atoms with E-state index in [9.17, 15) is 0 Å². The molecule has 7 heteroatoms. The van der Waals surface area contributed by atoms with Gasteiger partial charge >= 0.3 is 0 Å². The fourth-order valence-corrected chi connectivity index (χ4v) is 4.17. The van der Waals surface area contributed by atoms with Crippen LogP contribution < -0.4 is 9.47 Å². The van der Waals surface area contributed by atoms with Crippen molar-refractivity contribution in [2.45, 2.75) is 44.4 Å². The maximum absolute atomic E-state index is 5.98. The molecule has 3 aliphatic rings. The van der Waals surface area contributed by atoms with Gasteiger partial charge in [0, 0.05) is 25.7 Å². The second-order valence-corrected chi connectivity index (χ2v) is 6.99. The Hall–Kier alpha value is -2.12. The number of hydrogen-bond acceptors (Lipinski definition) is 7. The summed E-state index contributed by atoms with van der Waals surface area (Å²) in [6.07, 6.45) is 2.26. The highest BCUT2D eigenvalue weighted by Crippen LogP contribution is 2.38. The lowest BCUT2D eigenvalue weighted by Crippen LogP contribution is -2.48. The van der Waals surface area contributed by atoms with Gasteiger partial charge in [-0.25, -0.2) is 0 Å². The van der Waals surface area contributed by atoms with Gasteiger partial charge in [-0.2, -0.15) is 4.98 Å². The molecular formula is C18H21N3O4. The van der Waals surface area contributed by atoms with Crippen LogP contribution in [0.1, 0.15) is 36.0 Å². The summed E-state index contributed by atoms with van der Waals surface area (Å²) >= 11 is 0. The van der Waals surface area contributed by atoms with E-state index in [0.29, 0.717) is 18.7 Å². The summed E-state index contributed by atoms with van der Waals surface area (Å²) in [5, 5.41) is 3.95. The normalized spacial score (nSPS) is 28.3. The van der Waals surface area contributed by atoms with E-state index >= 15 is 0 Å². The van der Waals surface area contributed by atoms with E-state index in [4.69, 9.17) is 18.7 Å². The zero-order valence-corrected chi connectivity index (χ0v) is 14.2. The van der Waals surface area contributed by atoms with Crippen molar-refractivity contribution in [3.05, 3.63) is 35.5 Å². The van der Waals surface area contributed by atoms with Gasteiger partial charge in [0.25, 0.3) is 0 Å². The SMILES string of the molecule is Cc1noc([C@@H]2C[C@@H]3OCC[C@@H]3N(Cc3ccc4c(c3)OCO4)C2)n1. The Labute approximate surface area is 145 Å². The Bertz CT molecular complexity index is 777. The molecule has 0 aliphatic carbocycles. The molecule has 0 unspecified atom stereocenters. The van der Waals surface area contributed by atoms with Crippen molar-refractivity contribution in [3.8, 4) is 11.5 Å². The molecule has 1 aromatic heterocycles. The first-order valence-electron chi connectivity index (χ1n) is 8.80. The summed E-state index contributed by atoms with van der Waals surface area (Å²) in [6.45, 7) is 4.74. The molecule has 2 fully saturated rings. The minimum absolute atomic E-state index is 0.217. The highest BCUT2D eigenvalue weighted by Gasteiger charge is 2.42. The molecular weight excluding hydrogens is 322 g/mol. The Morgan fingerprint density at radius 2 is 2.16 bits per heavy atom. The molecule has 4 heterocycles. The molecule has 0 amide bonds. The van der Waals surface area contributed by atoms with Crippen molar-refractivity contribution < 1.29 is 18.7 Å². The van der Waals surface area contributed by atoms with Gasteiger partial charge in [-0.3, -0.25) is 4.90 Å². The van der Waals surface area contributed by atoms with E-state index in [2.05, 4.69) is 27.2 Å². The number of aromatic nitrogens is 2. The second-order valence-electron chi connectivity index (χ2n) is 6.99. The maximum Gasteiger partial charge on any atom is 0.231 e. The maximum atomic E-state index is 5.98. The molecule has 2 aromatic rings. The van der Waals surface area contributed by atoms with Crippen LogP contribution in [0.25, 0.3) is 0 Å². The molecule has 3 atom stereocenters. The number of ether oxygens (including phenoxy) is 3. The van der Waals surface area contributed by atoms with Gasteiger partial charge in [-0.05, 0) is 37.5 Å². The number of aryl methyl sites for hydroxylation is 1. The predicted molar refractivity (Wildman–Crippen MR) is 87.5 cm³/mol. The summed E-state index contributed by atoms with van der Waals surface area (Å²) < 4.78 is 22.3. The van der Waals surface area contributed by atoms with Gasteiger partial charge in [-0.1, -0.05) is 11.2 Å². The van der Waals surface area contributed by atoms with Crippen LogP contribution in [0.5, 0.6) is 11.5 Å². The Morgan fingerprint density at radius 1 is 1.24 bits per heavy atom. The molecule has 7 nitrogen and oxygen atoms in total. The minimum atomic E-state index is 0.217. The average Bonchev–Trinajstić information content (AvgIpc) is 3.33. The first-order chi connectivity index (χ1) is 12.3.